The molecule has 5 heteroatoms. The highest BCUT2D eigenvalue weighted by Gasteiger charge is 2.51. The minimum Gasteiger partial charge on any atom is -0.384 e. The number of rotatable bonds is 5. The van der Waals surface area contributed by atoms with Gasteiger partial charge in [-0.15, -0.1) is 0 Å². The predicted octanol–water partition coefficient (Wildman–Crippen LogP) is 5.02. The van der Waals surface area contributed by atoms with Crippen molar-refractivity contribution < 1.29 is 4.79 Å². The molecular weight excluding hydrogens is 396 g/mol. The van der Waals surface area contributed by atoms with E-state index in [2.05, 4.69) is 72.7 Å². The Morgan fingerprint density at radius 2 is 2.03 bits per heavy atom. The van der Waals surface area contributed by atoms with E-state index in [9.17, 15) is 4.79 Å². The molecule has 166 valence electrons. The number of nitrogens with one attached hydrogen (secondary N) is 2. The smallest absolute Gasteiger partial charge is 0.235 e. The molecule has 0 spiro atoms. The lowest BCUT2D eigenvalue weighted by Crippen LogP contribution is -2.42. The molecule has 2 aliphatic heterocycles. The van der Waals surface area contributed by atoms with Gasteiger partial charge in [-0.1, -0.05) is 32.9 Å². The van der Waals surface area contributed by atoms with Gasteiger partial charge in [0.2, 0.25) is 5.91 Å². The Morgan fingerprint density at radius 3 is 2.75 bits per heavy atom. The summed E-state index contributed by atoms with van der Waals surface area (Å²) in [6.07, 6.45) is 4.30. The summed E-state index contributed by atoms with van der Waals surface area (Å²) in [5.41, 5.74) is 6.73. The number of fused-ring (bicyclic) bond motifs is 2. The molecule has 2 heterocycles. The van der Waals surface area contributed by atoms with Crippen LogP contribution in [0.3, 0.4) is 0 Å². The van der Waals surface area contributed by atoms with E-state index in [-0.39, 0.29) is 16.7 Å². The van der Waals surface area contributed by atoms with Gasteiger partial charge in [0.15, 0.2) is 0 Å². The monoisotopic (exact) mass is 428 g/mol. The molecule has 32 heavy (non-hydrogen) atoms. The van der Waals surface area contributed by atoms with Crippen LogP contribution in [0.2, 0.25) is 0 Å². The van der Waals surface area contributed by atoms with E-state index in [4.69, 9.17) is 5.26 Å². The average molecular weight is 429 g/mol. The van der Waals surface area contributed by atoms with Gasteiger partial charge >= 0.3 is 0 Å². The van der Waals surface area contributed by atoms with Crippen molar-refractivity contribution in [2.24, 2.45) is 5.41 Å². The topological polar surface area (TPSA) is 68.2 Å². The van der Waals surface area contributed by atoms with Crippen molar-refractivity contribution in [3.05, 3.63) is 53.1 Å². The van der Waals surface area contributed by atoms with Crippen LogP contribution in [-0.2, 0) is 23.1 Å². The number of hydrogen-bond donors (Lipinski definition) is 2. The van der Waals surface area contributed by atoms with Crippen LogP contribution in [0.25, 0.3) is 0 Å². The normalized spacial score (nSPS) is 20.2. The molecule has 2 aromatic rings. The number of nitrogens with zero attached hydrogens (tertiary/aromatic N) is 2. The van der Waals surface area contributed by atoms with Gasteiger partial charge in [-0.05, 0) is 72.1 Å². The molecule has 0 bridgehead atoms. The number of nitriles is 1. The molecule has 2 aromatic carbocycles. The van der Waals surface area contributed by atoms with E-state index >= 15 is 0 Å². The third-order valence-corrected chi connectivity index (χ3v) is 7.45. The first kappa shape index (κ1) is 20.9. The Labute approximate surface area is 190 Å². The maximum atomic E-state index is 13.4. The molecule has 0 aromatic heterocycles. The lowest BCUT2D eigenvalue weighted by Gasteiger charge is -2.36. The van der Waals surface area contributed by atoms with Gasteiger partial charge in [0.1, 0.15) is 0 Å². The average Bonchev–Trinajstić information content (AvgIpc) is 3.29. The zero-order chi connectivity index (χ0) is 22.5. The van der Waals surface area contributed by atoms with Gasteiger partial charge < -0.3 is 15.5 Å². The molecule has 2 N–H and O–H groups in total. The molecular formula is C27H32N4O. The maximum absolute atomic E-state index is 13.4. The fourth-order valence-electron chi connectivity index (χ4n) is 5.44. The van der Waals surface area contributed by atoms with Crippen molar-refractivity contribution >= 4 is 23.0 Å². The molecule has 1 atom stereocenters. The molecule has 1 fully saturated rings. The van der Waals surface area contributed by atoms with E-state index in [1.54, 1.807) is 0 Å². The van der Waals surface area contributed by atoms with Crippen molar-refractivity contribution in [1.82, 2.24) is 0 Å². The van der Waals surface area contributed by atoms with E-state index < -0.39 is 0 Å². The summed E-state index contributed by atoms with van der Waals surface area (Å²) < 4.78 is 0. The largest absolute Gasteiger partial charge is 0.384 e. The Kier molecular flexibility index (Phi) is 4.93. The molecule has 5 rings (SSSR count). The van der Waals surface area contributed by atoms with Crippen molar-refractivity contribution in [2.75, 3.05) is 28.6 Å². The van der Waals surface area contributed by atoms with Crippen molar-refractivity contribution in [3.63, 3.8) is 0 Å². The number of carbonyl (C=O) groups excluding carboxylic acids is 1. The molecule has 0 saturated heterocycles. The second-order valence-electron chi connectivity index (χ2n) is 10.6. The molecule has 1 amide bonds. The van der Waals surface area contributed by atoms with Crippen molar-refractivity contribution in [1.29, 1.82) is 5.26 Å². The Hall–Kier alpha value is -3.00. The van der Waals surface area contributed by atoms with Crippen LogP contribution in [0.5, 0.6) is 0 Å². The highest BCUT2D eigenvalue weighted by Crippen LogP contribution is 2.50. The number of amides is 1. The Morgan fingerprint density at radius 1 is 1.22 bits per heavy atom. The van der Waals surface area contributed by atoms with E-state index in [0.717, 1.165) is 50.0 Å². The minimum absolute atomic E-state index is 0.107. The number of benzene rings is 2. The predicted molar refractivity (Wildman–Crippen MR) is 129 cm³/mol. The standard InChI is InChI=1S/C27H32N4O/c1-26(2,3)24-17-19-16-21(6-8-23(19)31(24)14-4-12-28)30-25(32)27(10-11-27)20-5-7-22-18(15-20)9-13-29-22/h5-8,15-16,24,29H,4,9-11,13-14,17H2,1-3H3,(H,30,32). The van der Waals surface area contributed by atoms with Crippen molar-refractivity contribution in [2.45, 2.75) is 64.3 Å². The van der Waals surface area contributed by atoms with E-state index in [0.29, 0.717) is 12.5 Å². The summed E-state index contributed by atoms with van der Waals surface area (Å²) >= 11 is 0. The van der Waals surface area contributed by atoms with Gasteiger partial charge in [0.25, 0.3) is 0 Å². The fourth-order valence-corrected chi connectivity index (χ4v) is 5.44. The SMILES string of the molecule is CC(C)(C)C1Cc2cc(NC(=O)C3(c4ccc5c(c4)CCN5)CC3)ccc2N1CCC#N. The minimum atomic E-state index is -0.386. The molecule has 0 radical (unpaired) electrons. The zero-order valence-corrected chi connectivity index (χ0v) is 19.3. The summed E-state index contributed by atoms with van der Waals surface area (Å²) in [5.74, 6) is 0.107. The van der Waals surface area contributed by atoms with Gasteiger partial charge in [-0.3, -0.25) is 4.79 Å². The zero-order valence-electron chi connectivity index (χ0n) is 19.3. The third-order valence-electron chi connectivity index (χ3n) is 7.45. The van der Waals surface area contributed by atoms with Gasteiger partial charge in [-0.25, -0.2) is 0 Å². The summed E-state index contributed by atoms with van der Waals surface area (Å²) in [4.78, 5) is 15.7. The van der Waals surface area contributed by atoms with Crippen LogP contribution in [0.4, 0.5) is 17.1 Å². The van der Waals surface area contributed by atoms with Crippen LogP contribution in [0, 0.1) is 16.7 Å². The molecule has 1 unspecified atom stereocenters. The summed E-state index contributed by atoms with van der Waals surface area (Å²) in [5, 5.41) is 15.7. The molecule has 3 aliphatic rings. The number of hydrogen-bond acceptors (Lipinski definition) is 4. The Balaban J connectivity index is 1.36. The lowest BCUT2D eigenvalue weighted by molar-refractivity contribution is -0.118. The second kappa shape index (κ2) is 7.55. The summed E-state index contributed by atoms with van der Waals surface area (Å²) in [6, 6.07) is 15.4. The number of carbonyl (C=O) groups is 1. The molecule has 1 aliphatic carbocycles. The highest BCUT2D eigenvalue weighted by molar-refractivity contribution is 6.01. The first-order valence-electron chi connectivity index (χ1n) is 11.8. The Bertz CT molecular complexity index is 1100. The van der Waals surface area contributed by atoms with E-state index in [1.807, 2.05) is 6.07 Å². The quantitative estimate of drug-likeness (QED) is 0.702. The van der Waals surface area contributed by atoms with Crippen LogP contribution in [-0.4, -0.2) is 25.0 Å². The lowest BCUT2D eigenvalue weighted by atomic mass is 9.84. The summed E-state index contributed by atoms with van der Waals surface area (Å²) in [7, 11) is 0. The highest BCUT2D eigenvalue weighted by atomic mass is 16.2. The second-order valence-corrected chi connectivity index (χ2v) is 10.6. The number of anilines is 3. The van der Waals surface area contributed by atoms with Gasteiger partial charge in [0.05, 0.1) is 17.9 Å². The molecule has 5 nitrogen and oxygen atoms in total. The first-order chi connectivity index (χ1) is 15.3. The van der Waals surface area contributed by atoms with Gasteiger partial charge in [0, 0.05) is 36.2 Å². The van der Waals surface area contributed by atoms with Gasteiger partial charge in [-0.2, -0.15) is 5.26 Å². The molecule has 1 saturated carbocycles. The third kappa shape index (κ3) is 3.52. The van der Waals surface area contributed by atoms with Crippen LogP contribution >= 0.6 is 0 Å². The van der Waals surface area contributed by atoms with Crippen LogP contribution < -0.4 is 15.5 Å². The van der Waals surface area contributed by atoms with Crippen LogP contribution in [0.15, 0.2) is 36.4 Å². The summed E-state index contributed by atoms with van der Waals surface area (Å²) in [6.45, 7) is 8.50. The maximum Gasteiger partial charge on any atom is 0.235 e. The van der Waals surface area contributed by atoms with E-state index in [1.165, 1.54) is 22.5 Å². The first-order valence-corrected chi connectivity index (χ1v) is 11.8. The van der Waals surface area contributed by atoms with Crippen LogP contribution in [0.1, 0.15) is 56.7 Å². The van der Waals surface area contributed by atoms with Crippen molar-refractivity contribution in [3.8, 4) is 6.07 Å². The fraction of sp³-hybridized carbons (Fsp3) is 0.481.